The van der Waals surface area contributed by atoms with Crippen LogP contribution in [0, 0.1) is 0 Å². The van der Waals surface area contributed by atoms with E-state index in [1.165, 1.54) is 5.56 Å². The molecule has 0 aliphatic carbocycles. The van der Waals surface area contributed by atoms with E-state index in [1.54, 1.807) is 0 Å². The highest BCUT2D eigenvalue weighted by Crippen LogP contribution is 2.23. The van der Waals surface area contributed by atoms with Crippen molar-refractivity contribution >= 4 is 11.5 Å². The minimum atomic E-state index is -0.154. The molecule has 0 fully saturated rings. The van der Waals surface area contributed by atoms with Gasteiger partial charge in [0, 0.05) is 24.4 Å². The van der Waals surface area contributed by atoms with Gasteiger partial charge in [0.2, 0.25) is 0 Å². The van der Waals surface area contributed by atoms with Crippen molar-refractivity contribution in [2.24, 2.45) is 0 Å². The molecule has 0 radical (unpaired) electrons. The summed E-state index contributed by atoms with van der Waals surface area (Å²) in [5, 5.41) is 15.3. The van der Waals surface area contributed by atoms with Crippen LogP contribution in [0.3, 0.4) is 0 Å². The lowest BCUT2D eigenvalue weighted by Gasteiger charge is -2.16. The smallest absolute Gasteiger partial charge is 0.179 e. The number of nitrogens with one attached hydrogen (secondary N) is 2. The topological polar surface area (TPSA) is 61.4 Å². The molecule has 0 aromatic heterocycles. The summed E-state index contributed by atoms with van der Waals surface area (Å²) < 4.78 is 0. The molecule has 19 heavy (non-hydrogen) atoms. The van der Waals surface area contributed by atoms with Gasteiger partial charge in [-0.2, -0.15) is 0 Å². The first-order chi connectivity index (χ1) is 9.26. The molecule has 104 valence electrons. The zero-order chi connectivity index (χ0) is 13.7. The third-order valence-corrected chi connectivity index (χ3v) is 3.55. The van der Waals surface area contributed by atoms with Crippen molar-refractivity contribution in [3.8, 4) is 0 Å². The average molecular weight is 262 g/mol. The molecule has 3 N–H and O–H groups in total. The fourth-order valence-corrected chi connectivity index (χ4v) is 2.44. The summed E-state index contributed by atoms with van der Waals surface area (Å²) in [6.45, 7) is 3.79. The Bertz CT molecular complexity index is 446. The lowest BCUT2D eigenvalue weighted by molar-refractivity contribution is 0.0939. The SMILES string of the molecule is CCC(NCCCO)C(=O)c1ccc2c(c1)CCN2. The number of carbonyl (C=O) groups excluding carboxylic acids is 1. The highest BCUT2D eigenvalue weighted by Gasteiger charge is 2.19. The van der Waals surface area contributed by atoms with Crippen molar-refractivity contribution in [3.63, 3.8) is 0 Å². The highest BCUT2D eigenvalue weighted by molar-refractivity contribution is 6.00. The second-order valence-corrected chi connectivity index (χ2v) is 4.91. The van der Waals surface area contributed by atoms with Gasteiger partial charge in [0.1, 0.15) is 0 Å². The van der Waals surface area contributed by atoms with E-state index < -0.39 is 0 Å². The standard InChI is InChI=1S/C15H22N2O2/c1-2-13(16-7-3-9-18)15(19)12-4-5-14-11(10-12)6-8-17-14/h4-5,10,13,16-18H,2-3,6-9H2,1H3. The zero-order valence-corrected chi connectivity index (χ0v) is 11.4. The second kappa shape index (κ2) is 6.68. The zero-order valence-electron chi connectivity index (χ0n) is 11.4. The molecule has 1 heterocycles. The molecule has 0 saturated heterocycles. The first-order valence-corrected chi connectivity index (χ1v) is 7.01. The Morgan fingerprint density at radius 2 is 2.37 bits per heavy atom. The van der Waals surface area contributed by atoms with Crippen LogP contribution < -0.4 is 10.6 Å². The number of rotatable bonds is 7. The number of carbonyl (C=O) groups is 1. The van der Waals surface area contributed by atoms with E-state index in [1.807, 2.05) is 25.1 Å². The molecule has 1 aliphatic heterocycles. The third kappa shape index (κ3) is 3.33. The monoisotopic (exact) mass is 262 g/mol. The number of hydrogen-bond donors (Lipinski definition) is 3. The Morgan fingerprint density at radius 1 is 1.53 bits per heavy atom. The van der Waals surface area contributed by atoms with Crippen molar-refractivity contribution < 1.29 is 9.90 Å². The Balaban J connectivity index is 2.04. The predicted molar refractivity (Wildman–Crippen MR) is 76.8 cm³/mol. The Kier molecular flexibility index (Phi) is 4.93. The van der Waals surface area contributed by atoms with Crippen LogP contribution >= 0.6 is 0 Å². The molecule has 1 aliphatic rings. The number of Topliss-reactive ketones (excluding diaryl/α,β-unsaturated/α-hetero) is 1. The maximum absolute atomic E-state index is 12.4. The van der Waals surface area contributed by atoms with Gasteiger partial charge in [-0.15, -0.1) is 0 Å². The third-order valence-electron chi connectivity index (χ3n) is 3.55. The summed E-state index contributed by atoms with van der Waals surface area (Å²) in [6, 6.07) is 5.75. The van der Waals surface area contributed by atoms with E-state index in [4.69, 9.17) is 5.11 Å². The Labute approximate surface area is 114 Å². The lowest BCUT2D eigenvalue weighted by atomic mass is 9.99. The lowest BCUT2D eigenvalue weighted by Crippen LogP contribution is -2.37. The van der Waals surface area contributed by atoms with E-state index in [2.05, 4.69) is 10.6 Å². The summed E-state index contributed by atoms with van der Waals surface area (Å²) >= 11 is 0. The molecule has 0 bridgehead atoms. The molecule has 1 aromatic rings. The number of benzene rings is 1. The first kappa shape index (κ1) is 14.0. The van der Waals surface area contributed by atoms with Crippen molar-refractivity contribution in [2.45, 2.75) is 32.2 Å². The molecule has 4 heteroatoms. The largest absolute Gasteiger partial charge is 0.396 e. The fourth-order valence-electron chi connectivity index (χ4n) is 2.44. The fraction of sp³-hybridized carbons (Fsp3) is 0.533. The quantitative estimate of drug-likeness (QED) is 0.516. The van der Waals surface area contributed by atoms with E-state index in [9.17, 15) is 4.79 Å². The molecule has 1 unspecified atom stereocenters. The number of anilines is 1. The predicted octanol–water partition coefficient (Wildman–Crippen LogP) is 1.59. The van der Waals surface area contributed by atoms with Crippen LogP contribution in [0.25, 0.3) is 0 Å². The van der Waals surface area contributed by atoms with Crippen LogP contribution in [0.5, 0.6) is 0 Å². The van der Waals surface area contributed by atoms with E-state index in [0.717, 1.165) is 30.6 Å². The van der Waals surface area contributed by atoms with Crippen LogP contribution in [0.4, 0.5) is 5.69 Å². The molecular weight excluding hydrogens is 240 g/mol. The molecule has 1 aromatic carbocycles. The summed E-state index contributed by atoms with van der Waals surface area (Å²) in [6.07, 6.45) is 2.43. The van der Waals surface area contributed by atoms with Gasteiger partial charge in [-0.05, 0) is 49.6 Å². The van der Waals surface area contributed by atoms with Gasteiger partial charge in [0.25, 0.3) is 0 Å². The van der Waals surface area contributed by atoms with Gasteiger partial charge in [0.05, 0.1) is 6.04 Å². The van der Waals surface area contributed by atoms with Crippen molar-refractivity contribution in [2.75, 3.05) is 25.0 Å². The number of aliphatic hydroxyl groups excluding tert-OH is 1. The highest BCUT2D eigenvalue weighted by atomic mass is 16.3. The van der Waals surface area contributed by atoms with Gasteiger partial charge < -0.3 is 15.7 Å². The number of ketones is 1. The molecule has 1 atom stereocenters. The normalized spacial score (nSPS) is 14.8. The van der Waals surface area contributed by atoms with Crippen LogP contribution in [0.1, 0.15) is 35.7 Å². The molecule has 4 nitrogen and oxygen atoms in total. The number of fused-ring (bicyclic) bond motifs is 1. The second-order valence-electron chi connectivity index (χ2n) is 4.91. The van der Waals surface area contributed by atoms with E-state index in [0.29, 0.717) is 13.0 Å². The maximum atomic E-state index is 12.4. The summed E-state index contributed by atoms with van der Waals surface area (Å²) in [5.41, 5.74) is 3.17. The van der Waals surface area contributed by atoms with E-state index >= 15 is 0 Å². The van der Waals surface area contributed by atoms with Crippen molar-refractivity contribution in [1.29, 1.82) is 0 Å². The van der Waals surface area contributed by atoms with Crippen molar-refractivity contribution in [1.82, 2.24) is 5.32 Å². The van der Waals surface area contributed by atoms with Crippen LogP contribution in [0.15, 0.2) is 18.2 Å². The average Bonchev–Trinajstić information content (AvgIpc) is 2.90. The molecule has 0 saturated carbocycles. The molecule has 0 amide bonds. The maximum Gasteiger partial charge on any atom is 0.179 e. The minimum Gasteiger partial charge on any atom is -0.396 e. The summed E-state index contributed by atoms with van der Waals surface area (Å²) in [5.74, 6) is 0.148. The molecule has 0 spiro atoms. The van der Waals surface area contributed by atoms with Crippen LogP contribution in [-0.4, -0.2) is 36.6 Å². The summed E-state index contributed by atoms with van der Waals surface area (Å²) in [4.78, 5) is 12.4. The van der Waals surface area contributed by atoms with Gasteiger partial charge in [-0.3, -0.25) is 4.79 Å². The van der Waals surface area contributed by atoms with Crippen molar-refractivity contribution in [3.05, 3.63) is 29.3 Å². The molecular formula is C15H22N2O2. The Hall–Kier alpha value is -1.39. The van der Waals surface area contributed by atoms with Crippen LogP contribution in [0.2, 0.25) is 0 Å². The first-order valence-electron chi connectivity index (χ1n) is 7.01. The number of aliphatic hydroxyl groups is 1. The van der Waals surface area contributed by atoms with Gasteiger partial charge in [-0.1, -0.05) is 6.92 Å². The Morgan fingerprint density at radius 3 is 3.11 bits per heavy atom. The van der Waals surface area contributed by atoms with Crippen LogP contribution in [-0.2, 0) is 6.42 Å². The van der Waals surface area contributed by atoms with E-state index in [-0.39, 0.29) is 18.4 Å². The summed E-state index contributed by atoms with van der Waals surface area (Å²) in [7, 11) is 0. The van der Waals surface area contributed by atoms with Gasteiger partial charge in [-0.25, -0.2) is 0 Å². The number of hydrogen-bond acceptors (Lipinski definition) is 4. The minimum absolute atomic E-state index is 0.148. The molecule has 2 rings (SSSR count). The van der Waals surface area contributed by atoms with Gasteiger partial charge in [0.15, 0.2) is 5.78 Å². The van der Waals surface area contributed by atoms with Gasteiger partial charge >= 0.3 is 0 Å².